The molecular weight excluding hydrogens is 554 g/mol. The first-order valence-corrected chi connectivity index (χ1v) is 14.5. The fourth-order valence-corrected chi connectivity index (χ4v) is 5.16. The fraction of sp³-hybridized carbons (Fsp3) is 0.167. The summed E-state index contributed by atoms with van der Waals surface area (Å²) < 4.78 is 6.32. The van der Waals surface area contributed by atoms with Gasteiger partial charge in [-0.05, 0) is 29.7 Å². The molecule has 5 rings (SSSR count). The molecule has 1 atom stereocenters. The van der Waals surface area contributed by atoms with Crippen molar-refractivity contribution in [3.05, 3.63) is 131 Å². The molecule has 1 heterocycles. The van der Waals surface area contributed by atoms with Crippen molar-refractivity contribution in [2.24, 2.45) is 0 Å². The van der Waals surface area contributed by atoms with E-state index in [1.165, 1.54) is 0 Å². The maximum absolute atomic E-state index is 14.1. The van der Waals surface area contributed by atoms with E-state index >= 15 is 0 Å². The second-order valence-electron chi connectivity index (χ2n) is 10.2. The molecule has 0 aliphatic heterocycles. The number of amides is 2. The standard InChI is InChI=1S/C36H33N3O5/c1-2-29(24-13-5-3-6-14-24)39-36(43)32-28-19-11-12-20-30(28)38-33(25-15-7-4-8-16-25)34(32)44-22-21-37-35(42)27-18-10-9-17-26(27)23-31(40)41/h3-20,29H,2,21-23H2,1H3,(H,37,42)(H,39,43)(H,40,41). The van der Waals surface area contributed by atoms with Gasteiger partial charge in [-0.15, -0.1) is 0 Å². The zero-order valence-electron chi connectivity index (χ0n) is 24.3. The van der Waals surface area contributed by atoms with E-state index in [1.54, 1.807) is 24.3 Å². The van der Waals surface area contributed by atoms with Crippen molar-refractivity contribution in [3.63, 3.8) is 0 Å². The van der Waals surface area contributed by atoms with E-state index < -0.39 is 11.9 Å². The molecule has 0 fully saturated rings. The van der Waals surface area contributed by atoms with Crippen LogP contribution in [0, 0.1) is 0 Å². The molecule has 0 spiro atoms. The Morgan fingerprint density at radius 2 is 1.48 bits per heavy atom. The van der Waals surface area contributed by atoms with E-state index in [9.17, 15) is 19.5 Å². The molecular formula is C36H33N3O5. The third kappa shape index (κ3) is 6.93. The lowest BCUT2D eigenvalue weighted by Crippen LogP contribution is -2.31. The Morgan fingerprint density at radius 1 is 0.818 bits per heavy atom. The number of para-hydroxylation sites is 1. The van der Waals surface area contributed by atoms with Gasteiger partial charge in [-0.2, -0.15) is 0 Å². The van der Waals surface area contributed by atoms with Crippen molar-refractivity contribution in [1.29, 1.82) is 0 Å². The summed E-state index contributed by atoms with van der Waals surface area (Å²) in [6.45, 7) is 2.18. The van der Waals surface area contributed by atoms with Crippen LogP contribution in [0.15, 0.2) is 109 Å². The molecule has 222 valence electrons. The van der Waals surface area contributed by atoms with Crippen LogP contribution in [0.5, 0.6) is 5.75 Å². The van der Waals surface area contributed by atoms with Crippen molar-refractivity contribution >= 4 is 28.7 Å². The van der Waals surface area contributed by atoms with Crippen LogP contribution in [0.1, 0.15) is 51.2 Å². The van der Waals surface area contributed by atoms with Crippen LogP contribution in [0.2, 0.25) is 0 Å². The Bertz CT molecular complexity index is 1770. The molecule has 5 aromatic rings. The summed E-state index contributed by atoms with van der Waals surface area (Å²) in [7, 11) is 0. The van der Waals surface area contributed by atoms with Gasteiger partial charge in [0.1, 0.15) is 12.3 Å². The number of ether oxygens (including phenoxy) is 1. The minimum Gasteiger partial charge on any atom is -0.489 e. The van der Waals surface area contributed by atoms with Crippen LogP contribution in [0.3, 0.4) is 0 Å². The molecule has 8 nitrogen and oxygen atoms in total. The van der Waals surface area contributed by atoms with E-state index in [4.69, 9.17) is 9.72 Å². The van der Waals surface area contributed by atoms with Gasteiger partial charge in [-0.25, -0.2) is 4.98 Å². The molecule has 44 heavy (non-hydrogen) atoms. The Morgan fingerprint density at radius 3 is 2.20 bits per heavy atom. The number of carbonyl (C=O) groups excluding carboxylic acids is 2. The number of benzene rings is 4. The van der Waals surface area contributed by atoms with Crippen LogP contribution >= 0.6 is 0 Å². The zero-order chi connectivity index (χ0) is 30.9. The van der Waals surface area contributed by atoms with Gasteiger partial charge in [0.2, 0.25) is 0 Å². The maximum atomic E-state index is 14.1. The van der Waals surface area contributed by atoms with Gasteiger partial charge in [-0.1, -0.05) is 104 Å². The molecule has 1 unspecified atom stereocenters. The molecule has 4 aromatic carbocycles. The number of carbonyl (C=O) groups is 3. The van der Waals surface area contributed by atoms with Gasteiger partial charge in [0.05, 0.1) is 30.1 Å². The fourth-order valence-electron chi connectivity index (χ4n) is 5.16. The minimum atomic E-state index is -1.02. The molecule has 0 aliphatic rings. The lowest BCUT2D eigenvalue weighted by Gasteiger charge is -2.21. The minimum absolute atomic E-state index is 0.0445. The van der Waals surface area contributed by atoms with Crippen LogP contribution in [-0.4, -0.2) is 41.0 Å². The van der Waals surface area contributed by atoms with Crippen molar-refractivity contribution in [2.75, 3.05) is 13.2 Å². The molecule has 1 aromatic heterocycles. The lowest BCUT2D eigenvalue weighted by molar-refractivity contribution is -0.136. The van der Waals surface area contributed by atoms with Gasteiger partial charge in [-0.3, -0.25) is 14.4 Å². The summed E-state index contributed by atoms with van der Waals surface area (Å²) in [6.07, 6.45) is 0.430. The smallest absolute Gasteiger partial charge is 0.307 e. The predicted octanol–water partition coefficient (Wildman–Crippen LogP) is 6.22. The highest BCUT2D eigenvalue weighted by Gasteiger charge is 2.25. The third-order valence-electron chi connectivity index (χ3n) is 7.28. The van der Waals surface area contributed by atoms with Crippen LogP contribution in [0.25, 0.3) is 22.2 Å². The van der Waals surface area contributed by atoms with Crippen LogP contribution in [-0.2, 0) is 11.2 Å². The van der Waals surface area contributed by atoms with E-state index in [-0.39, 0.29) is 31.5 Å². The number of rotatable bonds is 12. The summed E-state index contributed by atoms with van der Waals surface area (Å²) in [5.74, 6) is -1.40. The van der Waals surface area contributed by atoms with Gasteiger partial charge in [0.25, 0.3) is 11.8 Å². The molecule has 0 radical (unpaired) electrons. The summed E-state index contributed by atoms with van der Waals surface area (Å²) in [5.41, 5.74) is 4.02. The predicted molar refractivity (Wildman–Crippen MR) is 170 cm³/mol. The SMILES string of the molecule is CCC(NC(=O)c1c(OCCNC(=O)c2ccccc2CC(=O)O)c(-c2ccccc2)nc2ccccc12)c1ccccc1. The van der Waals surface area contributed by atoms with E-state index in [0.717, 1.165) is 11.1 Å². The van der Waals surface area contributed by atoms with E-state index in [1.807, 2.05) is 91.9 Å². The number of aromatic nitrogens is 1. The van der Waals surface area contributed by atoms with Crippen LogP contribution in [0.4, 0.5) is 0 Å². The second-order valence-corrected chi connectivity index (χ2v) is 10.2. The number of pyridine rings is 1. The Hall–Kier alpha value is -5.50. The molecule has 2 amide bonds. The molecule has 0 aliphatic carbocycles. The first-order chi connectivity index (χ1) is 21.5. The lowest BCUT2D eigenvalue weighted by atomic mass is 10.00. The molecule has 0 bridgehead atoms. The Labute approximate surface area is 255 Å². The molecule has 3 N–H and O–H groups in total. The second kappa shape index (κ2) is 14.1. The maximum Gasteiger partial charge on any atom is 0.307 e. The average molecular weight is 588 g/mol. The van der Waals surface area contributed by atoms with Gasteiger partial charge in [0.15, 0.2) is 5.75 Å². The molecule has 8 heteroatoms. The quantitative estimate of drug-likeness (QED) is 0.149. The number of hydrogen-bond donors (Lipinski definition) is 3. The summed E-state index contributed by atoms with van der Waals surface area (Å²) in [5, 5.41) is 15.9. The topological polar surface area (TPSA) is 118 Å². The van der Waals surface area contributed by atoms with E-state index in [0.29, 0.717) is 45.5 Å². The summed E-state index contributed by atoms with van der Waals surface area (Å²) in [4.78, 5) is 43.2. The van der Waals surface area contributed by atoms with Crippen molar-refractivity contribution in [3.8, 4) is 17.0 Å². The number of nitrogens with zero attached hydrogens (tertiary/aromatic N) is 1. The number of nitrogens with one attached hydrogen (secondary N) is 2. The van der Waals surface area contributed by atoms with Gasteiger partial charge in [0, 0.05) is 16.5 Å². The van der Waals surface area contributed by atoms with Crippen molar-refractivity contribution in [1.82, 2.24) is 15.6 Å². The number of hydrogen-bond acceptors (Lipinski definition) is 5. The third-order valence-corrected chi connectivity index (χ3v) is 7.28. The number of carboxylic acid groups (broad SMARTS) is 1. The first-order valence-electron chi connectivity index (χ1n) is 14.5. The molecule has 0 saturated carbocycles. The zero-order valence-corrected chi connectivity index (χ0v) is 24.3. The normalized spacial score (nSPS) is 11.5. The van der Waals surface area contributed by atoms with Gasteiger partial charge < -0.3 is 20.5 Å². The van der Waals surface area contributed by atoms with Crippen molar-refractivity contribution < 1.29 is 24.2 Å². The first kappa shape index (κ1) is 30.0. The number of fused-ring (bicyclic) bond motifs is 1. The number of carboxylic acids is 1. The highest BCUT2D eigenvalue weighted by atomic mass is 16.5. The van der Waals surface area contributed by atoms with Crippen LogP contribution < -0.4 is 15.4 Å². The largest absolute Gasteiger partial charge is 0.489 e. The molecule has 0 saturated heterocycles. The van der Waals surface area contributed by atoms with E-state index in [2.05, 4.69) is 10.6 Å². The summed E-state index contributed by atoms with van der Waals surface area (Å²) >= 11 is 0. The van der Waals surface area contributed by atoms with Crippen molar-refractivity contribution in [2.45, 2.75) is 25.8 Å². The average Bonchev–Trinajstić information content (AvgIpc) is 3.05. The summed E-state index contributed by atoms with van der Waals surface area (Å²) in [6, 6.07) is 33.2. The Kier molecular flexibility index (Phi) is 9.61. The highest BCUT2D eigenvalue weighted by molar-refractivity contribution is 6.10. The monoisotopic (exact) mass is 587 g/mol. The Balaban J connectivity index is 1.47. The number of aliphatic carboxylic acids is 1. The highest BCUT2D eigenvalue weighted by Crippen LogP contribution is 2.37. The van der Waals surface area contributed by atoms with Gasteiger partial charge >= 0.3 is 5.97 Å².